The predicted molar refractivity (Wildman–Crippen MR) is 103 cm³/mol. The largest absolute Gasteiger partial charge is 0.390 e. The fourth-order valence-corrected chi connectivity index (χ4v) is 7.31. The van der Waals surface area contributed by atoms with Gasteiger partial charge < -0.3 is 10.8 Å². The van der Waals surface area contributed by atoms with Crippen LogP contribution < -0.4 is 5.73 Å². The highest BCUT2D eigenvalue weighted by molar-refractivity contribution is 5.59. The maximum atomic E-state index is 11.1. The number of nitrogens with zero attached hydrogens (tertiary/aromatic N) is 2. The summed E-state index contributed by atoms with van der Waals surface area (Å²) in [7, 11) is 0. The Morgan fingerprint density at radius 3 is 2.69 bits per heavy atom. The zero-order chi connectivity index (χ0) is 18.3. The summed E-state index contributed by atoms with van der Waals surface area (Å²) in [6, 6.07) is 0. The average Bonchev–Trinajstić information content (AvgIpc) is 2.83. The molecule has 1 aromatic heterocycles. The SMILES string of the molecule is C[C@]12Cc3cnc(N)nc3C=C1CC[C@@H]1[C@@H]2CC[C@@]2(C)[C@H]1CC[C@]2(C)O. The summed E-state index contributed by atoms with van der Waals surface area (Å²) >= 11 is 0. The fourth-order valence-electron chi connectivity index (χ4n) is 7.31. The third-order valence-corrected chi connectivity index (χ3v) is 9.08. The van der Waals surface area contributed by atoms with E-state index in [0.29, 0.717) is 17.8 Å². The maximum absolute atomic E-state index is 11.1. The van der Waals surface area contributed by atoms with Gasteiger partial charge >= 0.3 is 0 Å². The first kappa shape index (κ1) is 16.7. The Kier molecular flexibility index (Phi) is 3.28. The van der Waals surface area contributed by atoms with Gasteiger partial charge in [-0.2, -0.15) is 0 Å². The summed E-state index contributed by atoms with van der Waals surface area (Å²) < 4.78 is 0. The van der Waals surface area contributed by atoms with E-state index >= 15 is 0 Å². The molecule has 5 rings (SSSR count). The molecule has 4 nitrogen and oxygen atoms in total. The number of aliphatic hydroxyl groups is 1. The molecule has 4 aliphatic carbocycles. The van der Waals surface area contributed by atoms with Crippen LogP contribution in [-0.4, -0.2) is 20.7 Å². The Balaban J connectivity index is 1.53. The Bertz CT molecular complexity index is 801. The van der Waals surface area contributed by atoms with Gasteiger partial charge in [-0.1, -0.05) is 19.4 Å². The van der Waals surface area contributed by atoms with E-state index in [4.69, 9.17) is 5.73 Å². The lowest BCUT2D eigenvalue weighted by Crippen LogP contribution is -2.54. The van der Waals surface area contributed by atoms with Crippen LogP contribution in [0.2, 0.25) is 0 Å². The topological polar surface area (TPSA) is 72.0 Å². The van der Waals surface area contributed by atoms with Gasteiger partial charge in [-0.05, 0) is 92.1 Å². The number of nitrogen functional groups attached to an aromatic ring is 1. The minimum Gasteiger partial charge on any atom is -0.390 e. The van der Waals surface area contributed by atoms with Crippen molar-refractivity contribution in [3.05, 3.63) is 23.0 Å². The lowest BCUT2D eigenvalue weighted by molar-refractivity contribution is -0.116. The normalized spacial score (nSPS) is 46.6. The van der Waals surface area contributed by atoms with Gasteiger partial charge in [0.05, 0.1) is 11.3 Å². The van der Waals surface area contributed by atoms with Crippen molar-refractivity contribution in [1.29, 1.82) is 0 Å². The summed E-state index contributed by atoms with van der Waals surface area (Å²) in [6.07, 6.45) is 12.2. The lowest BCUT2D eigenvalue weighted by atomic mass is 9.46. The van der Waals surface area contributed by atoms with Gasteiger partial charge in [0.25, 0.3) is 0 Å². The first-order valence-electron chi connectivity index (χ1n) is 10.3. The molecule has 3 N–H and O–H groups in total. The second-order valence-corrected chi connectivity index (χ2v) is 10.1. The van der Waals surface area contributed by atoms with Crippen molar-refractivity contribution in [3.8, 4) is 0 Å². The molecule has 3 saturated carbocycles. The third-order valence-electron chi connectivity index (χ3n) is 9.08. The molecule has 0 aliphatic heterocycles. The molecular weight excluding hydrogens is 322 g/mol. The molecule has 3 fully saturated rings. The van der Waals surface area contributed by atoms with Gasteiger partial charge in [0.2, 0.25) is 5.95 Å². The van der Waals surface area contributed by atoms with Crippen LogP contribution in [0.4, 0.5) is 5.95 Å². The molecule has 1 heterocycles. The van der Waals surface area contributed by atoms with Gasteiger partial charge in [-0.3, -0.25) is 0 Å². The second kappa shape index (κ2) is 5.09. The highest BCUT2D eigenvalue weighted by atomic mass is 16.3. The molecule has 0 saturated heterocycles. The molecule has 26 heavy (non-hydrogen) atoms. The molecule has 4 heteroatoms. The molecule has 1 aromatic rings. The summed E-state index contributed by atoms with van der Waals surface area (Å²) in [4.78, 5) is 8.73. The molecule has 0 unspecified atom stereocenters. The standard InChI is InChI=1S/C22H31N3O/c1-20-11-13-12-24-19(23)25-18(13)10-14(20)4-5-15-16(20)6-8-21(2)17(15)7-9-22(21,3)26/h10,12,15-17,26H,4-9,11H2,1-3H3,(H2,23,24,25)/t15-,16+,17+,20+,21+,22+/m1/s1. The second-order valence-electron chi connectivity index (χ2n) is 10.1. The smallest absolute Gasteiger partial charge is 0.220 e. The van der Waals surface area contributed by atoms with Gasteiger partial charge in [-0.15, -0.1) is 0 Å². The predicted octanol–water partition coefficient (Wildman–Crippen LogP) is 3.99. The first-order valence-corrected chi connectivity index (χ1v) is 10.3. The van der Waals surface area contributed by atoms with Crippen LogP contribution >= 0.6 is 0 Å². The number of nitrogens with two attached hydrogens (primary N) is 1. The number of fused-ring (bicyclic) bond motifs is 6. The molecular formula is C22H31N3O. The van der Waals surface area contributed by atoms with Crippen LogP contribution in [0.1, 0.15) is 70.6 Å². The van der Waals surface area contributed by atoms with E-state index < -0.39 is 5.60 Å². The zero-order valence-corrected chi connectivity index (χ0v) is 16.3. The number of aromatic nitrogens is 2. The van der Waals surface area contributed by atoms with E-state index in [0.717, 1.165) is 37.3 Å². The van der Waals surface area contributed by atoms with Gasteiger partial charge in [0, 0.05) is 6.20 Å². The van der Waals surface area contributed by atoms with Crippen LogP contribution in [0.25, 0.3) is 6.08 Å². The third kappa shape index (κ3) is 2.00. The van der Waals surface area contributed by atoms with E-state index in [9.17, 15) is 5.11 Å². The van der Waals surface area contributed by atoms with Gasteiger partial charge in [0.1, 0.15) is 0 Å². The highest BCUT2D eigenvalue weighted by Crippen LogP contribution is 2.67. The fraction of sp³-hybridized carbons (Fsp3) is 0.727. The molecule has 6 atom stereocenters. The lowest BCUT2D eigenvalue weighted by Gasteiger charge is -2.59. The van der Waals surface area contributed by atoms with Crippen molar-refractivity contribution in [3.63, 3.8) is 0 Å². The monoisotopic (exact) mass is 353 g/mol. The summed E-state index contributed by atoms with van der Waals surface area (Å²) in [6.45, 7) is 6.92. The van der Waals surface area contributed by atoms with Crippen molar-refractivity contribution in [2.75, 3.05) is 5.73 Å². The zero-order valence-electron chi connectivity index (χ0n) is 16.3. The first-order chi connectivity index (χ1) is 12.2. The number of allylic oxidation sites excluding steroid dienone is 1. The van der Waals surface area contributed by atoms with E-state index in [-0.39, 0.29) is 10.8 Å². The highest BCUT2D eigenvalue weighted by Gasteiger charge is 2.62. The molecule has 140 valence electrons. The van der Waals surface area contributed by atoms with Crippen LogP contribution in [0.15, 0.2) is 11.8 Å². The molecule has 0 aromatic carbocycles. The quantitative estimate of drug-likeness (QED) is 0.740. The van der Waals surface area contributed by atoms with Crippen molar-refractivity contribution in [1.82, 2.24) is 9.97 Å². The Labute approximate surface area is 156 Å². The molecule has 0 bridgehead atoms. The summed E-state index contributed by atoms with van der Waals surface area (Å²) in [5.41, 5.74) is 9.47. The van der Waals surface area contributed by atoms with Crippen LogP contribution in [-0.2, 0) is 6.42 Å². The number of hydrogen-bond donors (Lipinski definition) is 2. The molecule has 0 spiro atoms. The molecule has 0 radical (unpaired) electrons. The average molecular weight is 354 g/mol. The summed E-state index contributed by atoms with van der Waals surface area (Å²) in [5, 5.41) is 11.1. The van der Waals surface area contributed by atoms with Gasteiger partial charge in [0.15, 0.2) is 0 Å². The summed E-state index contributed by atoms with van der Waals surface area (Å²) in [5.74, 6) is 2.49. The van der Waals surface area contributed by atoms with Crippen LogP contribution in [0, 0.1) is 28.6 Å². The van der Waals surface area contributed by atoms with Crippen LogP contribution in [0.5, 0.6) is 0 Å². The number of hydrogen-bond acceptors (Lipinski definition) is 4. The Morgan fingerprint density at radius 2 is 1.88 bits per heavy atom. The van der Waals surface area contributed by atoms with Crippen LogP contribution in [0.3, 0.4) is 0 Å². The van der Waals surface area contributed by atoms with E-state index in [1.54, 1.807) is 5.57 Å². The molecule has 0 amide bonds. The van der Waals surface area contributed by atoms with Crippen molar-refractivity contribution in [2.45, 2.75) is 71.3 Å². The van der Waals surface area contributed by atoms with Crippen molar-refractivity contribution < 1.29 is 5.11 Å². The minimum absolute atomic E-state index is 0.0931. The molecule has 4 aliphatic rings. The Morgan fingerprint density at radius 1 is 1.12 bits per heavy atom. The van der Waals surface area contributed by atoms with E-state index in [1.165, 1.54) is 24.8 Å². The maximum Gasteiger partial charge on any atom is 0.220 e. The minimum atomic E-state index is -0.496. The number of anilines is 1. The van der Waals surface area contributed by atoms with Crippen molar-refractivity contribution >= 4 is 12.0 Å². The Hall–Kier alpha value is -1.42. The number of rotatable bonds is 0. The van der Waals surface area contributed by atoms with Crippen molar-refractivity contribution in [2.24, 2.45) is 28.6 Å². The van der Waals surface area contributed by atoms with E-state index in [1.807, 2.05) is 6.20 Å². The van der Waals surface area contributed by atoms with E-state index in [2.05, 4.69) is 36.8 Å². The van der Waals surface area contributed by atoms with Gasteiger partial charge in [-0.25, -0.2) is 9.97 Å².